The molecule has 0 saturated carbocycles. The molecule has 0 bridgehead atoms. The average molecular weight is 383 g/mol. The van der Waals surface area contributed by atoms with Crippen molar-refractivity contribution in [1.29, 1.82) is 0 Å². The molecule has 1 atom stereocenters. The highest BCUT2D eigenvalue weighted by atomic mass is 19.4. The SMILES string of the molecule is O=C(O)C(F)(F)F.c1ccc(C2CCCN(CCCn3cccn3)C2)cc1. The van der Waals surface area contributed by atoms with E-state index in [0.29, 0.717) is 0 Å². The minimum atomic E-state index is -5.08. The fourth-order valence-electron chi connectivity index (χ4n) is 3.14. The van der Waals surface area contributed by atoms with Crippen molar-refractivity contribution in [2.24, 2.45) is 0 Å². The lowest BCUT2D eigenvalue weighted by Crippen LogP contribution is -2.35. The van der Waals surface area contributed by atoms with Gasteiger partial charge in [-0.1, -0.05) is 30.3 Å². The molecule has 1 aliphatic rings. The molecule has 1 saturated heterocycles. The van der Waals surface area contributed by atoms with Crippen molar-refractivity contribution < 1.29 is 23.1 Å². The minimum absolute atomic E-state index is 0.717. The Balaban J connectivity index is 0.000000321. The zero-order valence-electron chi connectivity index (χ0n) is 15.0. The number of benzene rings is 1. The van der Waals surface area contributed by atoms with Gasteiger partial charge in [-0.3, -0.25) is 4.68 Å². The molecule has 0 spiro atoms. The maximum Gasteiger partial charge on any atom is 0.490 e. The van der Waals surface area contributed by atoms with Gasteiger partial charge in [-0.15, -0.1) is 0 Å². The van der Waals surface area contributed by atoms with Crippen LogP contribution in [-0.4, -0.2) is 51.6 Å². The second kappa shape index (κ2) is 10.1. The third-order valence-electron chi connectivity index (χ3n) is 4.44. The van der Waals surface area contributed by atoms with Crippen LogP contribution >= 0.6 is 0 Å². The second-order valence-electron chi connectivity index (χ2n) is 6.48. The Morgan fingerprint density at radius 3 is 2.48 bits per heavy atom. The van der Waals surface area contributed by atoms with Crippen LogP contribution < -0.4 is 0 Å². The van der Waals surface area contributed by atoms with E-state index in [0.717, 1.165) is 12.5 Å². The molecular weight excluding hydrogens is 359 g/mol. The number of nitrogens with zero attached hydrogens (tertiary/aromatic N) is 3. The summed E-state index contributed by atoms with van der Waals surface area (Å²) in [5, 5.41) is 11.4. The summed E-state index contributed by atoms with van der Waals surface area (Å²) < 4.78 is 33.8. The van der Waals surface area contributed by atoms with Crippen LogP contribution in [0.15, 0.2) is 48.8 Å². The molecule has 148 valence electrons. The van der Waals surface area contributed by atoms with Gasteiger partial charge in [0, 0.05) is 25.5 Å². The number of aliphatic carboxylic acids is 1. The average Bonchev–Trinajstić information content (AvgIpc) is 3.16. The largest absolute Gasteiger partial charge is 0.490 e. The second-order valence-corrected chi connectivity index (χ2v) is 6.48. The fourth-order valence-corrected chi connectivity index (χ4v) is 3.14. The number of carboxylic acids is 1. The first-order valence-corrected chi connectivity index (χ1v) is 8.91. The number of halogens is 3. The third-order valence-corrected chi connectivity index (χ3v) is 4.44. The Morgan fingerprint density at radius 1 is 1.19 bits per heavy atom. The van der Waals surface area contributed by atoms with E-state index in [1.54, 1.807) is 0 Å². The number of aryl methyl sites for hydroxylation is 1. The summed E-state index contributed by atoms with van der Waals surface area (Å²) in [6.45, 7) is 4.67. The molecular formula is C19H24F3N3O2. The summed E-state index contributed by atoms with van der Waals surface area (Å²) in [7, 11) is 0. The quantitative estimate of drug-likeness (QED) is 0.854. The van der Waals surface area contributed by atoms with Crippen LogP contribution in [0.5, 0.6) is 0 Å². The van der Waals surface area contributed by atoms with Crippen molar-refractivity contribution in [3.63, 3.8) is 0 Å². The van der Waals surface area contributed by atoms with E-state index in [-0.39, 0.29) is 0 Å². The van der Waals surface area contributed by atoms with Crippen LogP contribution in [0.25, 0.3) is 0 Å². The number of rotatable bonds is 5. The molecule has 1 unspecified atom stereocenters. The Hall–Kier alpha value is -2.35. The molecule has 0 amide bonds. The third kappa shape index (κ3) is 7.42. The number of carboxylic acid groups (broad SMARTS) is 1. The van der Waals surface area contributed by atoms with Gasteiger partial charge in [0.05, 0.1) is 0 Å². The standard InChI is InChI=1S/C17H23N3.C2HF3O2/c1-2-7-16(8-3-1)17-9-4-11-19(15-17)12-6-14-20-13-5-10-18-20;3-2(4,5)1(6)7/h1-3,5,7-8,10,13,17H,4,6,9,11-12,14-15H2;(H,6,7). The number of likely N-dealkylation sites (tertiary alicyclic amines) is 1. The summed E-state index contributed by atoms with van der Waals surface area (Å²) in [6.07, 6.45) is 2.65. The highest BCUT2D eigenvalue weighted by Gasteiger charge is 2.38. The molecule has 5 nitrogen and oxygen atoms in total. The number of hydrogen-bond donors (Lipinski definition) is 1. The summed E-state index contributed by atoms with van der Waals surface area (Å²) in [6, 6.07) is 13.0. The van der Waals surface area contributed by atoms with Crippen LogP contribution in [0.2, 0.25) is 0 Å². The van der Waals surface area contributed by atoms with E-state index in [9.17, 15) is 13.2 Å². The summed E-state index contributed by atoms with van der Waals surface area (Å²) in [5.74, 6) is -2.04. The first-order valence-electron chi connectivity index (χ1n) is 8.91. The zero-order valence-corrected chi connectivity index (χ0v) is 15.0. The zero-order chi connectivity index (χ0) is 19.7. The summed E-state index contributed by atoms with van der Waals surface area (Å²) >= 11 is 0. The first kappa shape index (κ1) is 21.0. The van der Waals surface area contributed by atoms with E-state index in [4.69, 9.17) is 9.90 Å². The monoisotopic (exact) mass is 383 g/mol. The van der Waals surface area contributed by atoms with Crippen molar-refractivity contribution in [3.05, 3.63) is 54.4 Å². The van der Waals surface area contributed by atoms with Gasteiger partial charge in [0.2, 0.25) is 0 Å². The van der Waals surface area contributed by atoms with Gasteiger partial charge >= 0.3 is 12.1 Å². The lowest BCUT2D eigenvalue weighted by Gasteiger charge is -2.33. The van der Waals surface area contributed by atoms with Crippen molar-refractivity contribution in [2.45, 2.75) is 37.9 Å². The molecule has 8 heteroatoms. The maximum atomic E-state index is 10.6. The molecule has 0 radical (unpaired) electrons. The Bertz CT molecular complexity index is 675. The lowest BCUT2D eigenvalue weighted by molar-refractivity contribution is -0.192. The molecule has 1 N–H and O–H groups in total. The van der Waals surface area contributed by atoms with Crippen LogP contribution in [0.4, 0.5) is 13.2 Å². The van der Waals surface area contributed by atoms with Crippen LogP contribution in [0, 0.1) is 0 Å². The fraction of sp³-hybridized carbons (Fsp3) is 0.474. The van der Waals surface area contributed by atoms with Gasteiger partial charge in [-0.25, -0.2) is 4.79 Å². The lowest BCUT2D eigenvalue weighted by atomic mass is 9.90. The van der Waals surface area contributed by atoms with E-state index in [2.05, 4.69) is 40.3 Å². The number of piperidine rings is 1. The Morgan fingerprint density at radius 2 is 1.89 bits per heavy atom. The number of alkyl halides is 3. The molecule has 1 fully saturated rings. The van der Waals surface area contributed by atoms with Crippen LogP contribution in [0.3, 0.4) is 0 Å². The molecule has 3 rings (SSSR count). The van der Waals surface area contributed by atoms with E-state index in [1.807, 2.05) is 23.1 Å². The predicted octanol–water partition coefficient (Wildman–Crippen LogP) is 3.79. The van der Waals surface area contributed by atoms with Crippen LogP contribution in [-0.2, 0) is 11.3 Å². The van der Waals surface area contributed by atoms with Gasteiger partial charge in [0.15, 0.2) is 0 Å². The maximum absolute atomic E-state index is 10.6. The van der Waals surface area contributed by atoms with E-state index < -0.39 is 12.1 Å². The first-order chi connectivity index (χ1) is 12.9. The van der Waals surface area contributed by atoms with Crippen molar-refractivity contribution in [3.8, 4) is 0 Å². The highest BCUT2D eigenvalue weighted by molar-refractivity contribution is 5.73. The van der Waals surface area contributed by atoms with Gasteiger partial charge < -0.3 is 10.0 Å². The Kier molecular flexibility index (Phi) is 7.84. The van der Waals surface area contributed by atoms with Crippen molar-refractivity contribution in [2.75, 3.05) is 19.6 Å². The molecule has 1 aromatic heterocycles. The molecule has 27 heavy (non-hydrogen) atoms. The van der Waals surface area contributed by atoms with Crippen molar-refractivity contribution >= 4 is 5.97 Å². The van der Waals surface area contributed by atoms with Crippen molar-refractivity contribution in [1.82, 2.24) is 14.7 Å². The van der Waals surface area contributed by atoms with E-state index in [1.165, 1.54) is 44.5 Å². The van der Waals surface area contributed by atoms with Gasteiger partial charge in [0.25, 0.3) is 0 Å². The van der Waals surface area contributed by atoms with Gasteiger partial charge in [-0.2, -0.15) is 18.3 Å². The molecule has 2 aromatic rings. The number of carbonyl (C=O) groups is 1. The van der Waals surface area contributed by atoms with E-state index >= 15 is 0 Å². The summed E-state index contributed by atoms with van der Waals surface area (Å²) in [4.78, 5) is 11.5. The van der Waals surface area contributed by atoms with Crippen LogP contribution in [0.1, 0.15) is 30.7 Å². The van der Waals surface area contributed by atoms with Gasteiger partial charge in [-0.05, 0) is 49.9 Å². The number of hydrogen-bond acceptors (Lipinski definition) is 3. The molecule has 2 heterocycles. The smallest absolute Gasteiger partial charge is 0.475 e. The van der Waals surface area contributed by atoms with Gasteiger partial charge in [0.1, 0.15) is 0 Å². The highest BCUT2D eigenvalue weighted by Crippen LogP contribution is 2.26. The number of aromatic nitrogens is 2. The minimum Gasteiger partial charge on any atom is -0.475 e. The Labute approximate surface area is 156 Å². The topological polar surface area (TPSA) is 58.4 Å². The normalized spacial score (nSPS) is 17.8. The molecule has 0 aliphatic carbocycles. The molecule has 1 aromatic carbocycles. The molecule has 1 aliphatic heterocycles. The predicted molar refractivity (Wildman–Crippen MR) is 95.4 cm³/mol. The summed E-state index contributed by atoms with van der Waals surface area (Å²) in [5.41, 5.74) is 1.50.